The van der Waals surface area contributed by atoms with E-state index in [-0.39, 0.29) is 18.4 Å². The molecule has 1 aliphatic carbocycles. The average Bonchev–Trinajstić information content (AvgIpc) is 3.55. The molecule has 0 saturated heterocycles. The van der Waals surface area contributed by atoms with Crippen molar-refractivity contribution in [1.82, 2.24) is 5.32 Å². The van der Waals surface area contributed by atoms with E-state index in [0.29, 0.717) is 36.4 Å². The Kier molecular flexibility index (Phi) is 6.16. The monoisotopic (exact) mass is 396 g/mol. The molecule has 2 aromatic rings. The van der Waals surface area contributed by atoms with Crippen LogP contribution >= 0.6 is 0 Å². The topological polar surface area (TPSA) is 93.7 Å². The summed E-state index contributed by atoms with van der Waals surface area (Å²) in [5.41, 5.74) is 0.712. The zero-order valence-electron chi connectivity index (χ0n) is 16.5. The van der Waals surface area contributed by atoms with Gasteiger partial charge in [-0.25, -0.2) is 4.79 Å². The third kappa shape index (κ3) is 4.56. The van der Waals surface area contributed by atoms with Gasteiger partial charge in [0.2, 0.25) is 11.8 Å². The zero-order valence-corrected chi connectivity index (χ0v) is 16.5. The van der Waals surface area contributed by atoms with E-state index in [0.717, 1.165) is 5.56 Å². The van der Waals surface area contributed by atoms with Crippen LogP contribution < -0.4 is 15.4 Å². The minimum atomic E-state index is -1.05. The Bertz CT molecular complexity index is 904. The Morgan fingerprint density at radius 3 is 2.31 bits per heavy atom. The smallest absolute Gasteiger partial charge is 0.338 e. The lowest BCUT2D eigenvalue weighted by Crippen LogP contribution is -2.39. The molecule has 1 saturated carbocycles. The predicted molar refractivity (Wildman–Crippen MR) is 108 cm³/mol. The summed E-state index contributed by atoms with van der Waals surface area (Å²) in [5, 5.41) is 5.61. The van der Waals surface area contributed by atoms with Crippen LogP contribution in [0.25, 0.3) is 0 Å². The van der Waals surface area contributed by atoms with Crippen LogP contribution in [-0.4, -0.2) is 31.5 Å². The summed E-state index contributed by atoms with van der Waals surface area (Å²) >= 11 is 0. The van der Waals surface area contributed by atoms with Crippen LogP contribution in [0.3, 0.4) is 0 Å². The number of carbonyl (C=O) groups is 3. The summed E-state index contributed by atoms with van der Waals surface area (Å²) in [5.74, 6) is -0.383. The molecule has 2 aromatic carbocycles. The maximum absolute atomic E-state index is 12.7. The molecule has 7 heteroatoms. The van der Waals surface area contributed by atoms with Crippen molar-refractivity contribution in [2.24, 2.45) is 5.41 Å². The number of hydrogen-bond donors (Lipinski definition) is 2. The van der Waals surface area contributed by atoms with Gasteiger partial charge < -0.3 is 20.1 Å². The SMILES string of the molecule is CCOC(=O)c1ccc(NC(=O)C2(C(=O)NCc3ccccc3OC)CC2)cc1. The van der Waals surface area contributed by atoms with Crippen LogP contribution in [-0.2, 0) is 20.9 Å². The lowest BCUT2D eigenvalue weighted by Gasteiger charge is -2.16. The summed E-state index contributed by atoms with van der Waals surface area (Å²) in [4.78, 5) is 37.1. The molecular formula is C22H24N2O5. The highest BCUT2D eigenvalue weighted by Gasteiger charge is 2.56. The number of anilines is 1. The maximum Gasteiger partial charge on any atom is 0.338 e. The quantitative estimate of drug-likeness (QED) is 0.529. The van der Waals surface area contributed by atoms with Crippen molar-refractivity contribution in [3.63, 3.8) is 0 Å². The number of benzene rings is 2. The largest absolute Gasteiger partial charge is 0.496 e. The molecule has 152 valence electrons. The number of rotatable bonds is 8. The summed E-state index contributed by atoms with van der Waals surface area (Å²) < 4.78 is 10.2. The fourth-order valence-corrected chi connectivity index (χ4v) is 3.03. The Morgan fingerprint density at radius 2 is 1.69 bits per heavy atom. The van der Waals surface area contributed by atoms with Gasteiger partial charge in [0, 0.05) is 17.8 Å². The first-order chi connectivity index (χ1) is 14.0. The highest BCUT2D eigenvalue weighted by atomic mass is 16.5. The van der Waals surface area contributed by atoms with Crippen LogP contribution in [0.1, 0.15) is 35.7 Å². The van der Waals surface area contributed by atoms with E-state index in [9.17, 15) is 14.4 Å². The second-order valence-corrected chi connectivity index (χ2v) is 6.83. The van der Waals surface area contributed by atoms with Crippen molar-refractivity contribution in [1.29, 1.82) is 0 Å². The van der Waals surface area contributed by atoms with Gasteiger partial charge in [0.05, 0.1) is 19.3 Å². The molecule has 0 aliphatic heterocycles. The molecule has 2 amide bonds. The second-order valence-electron chi connectivity index (χ2n) is 6.83. The van der Waals surface area contributed by atoms with E-state index in [1.807, 2.05) is 24.3 Å². The lowest BCUT2D eigenvalue weighted by atomic mass is 10.0. The number of hydrogen-bond acceptors (Lipinski definition) is 5. The summed E-state index contributed by atoms with van der Waals surface area (Å²) in [6.07, 6.45) is 0.995. The van der Waals surface area contributed by atoms with Gasteiger partial charge >= 0.3 is 5.97 Å². The van der Waals surface area contributed by atoms with Gasteiger partial charge in [-0.15, -0.1) is 0 Å². The third-order valence-electron chi connectivity index (χ3n) is 4.91. The van der Waals surface area contributed by atoms with Crippen molar-refractivity contribution in [3.8, 4) is 5.75 Å². The van der Waals surface area contributed by atoms with E-state index in [2.05, 4.69) is 10.6 Å². The molecule has 0 aromatic heterocycles. The zero-order chi connectivity index (χ0) is 20.9. The summed E-state index contributed by atoms with van der Waals surface area (Å²) in [6, 6.07) is 13.8. The Balaban J connectivity index is 1.60. The van der Waals surface area contributed by atoms with E-state index >= 15 is 0 Å². The molecular weight excluding hydrogens is 372 g/mol. The van der Waals surface area contributed by atoms with Crippen molar-refractivity contribution in [3.05, 3.63) is 59.7 Å². The van der Waals surface area contributed by atoms with E-state index in [1.165, 1.54) is 0 Å². The molecule has 0 radical (unpaired) electrons. The normalized spacial score (nSPS) is 13.9. The van der Waals surface area contributed by atoms with Crippen LogP contribution in [0.4, 0.5) is 5.69 Å². The molecule has 0 unspecified atom stereocenters. The lowest BCUT2D eigenvalue weighted by molar-refractivity contribution is -0.134. The first-order valence-electron chi connectivity index (χ1n) is 9.49. The highest BCUT2D eigenvalue weighted by molar-refractivity contribution is 6.13. The van der Waals surface area contributed by atoms with Crippen LogP contribution in [0.2, 0.25) is 0 Å². The van der Waals surface area contributed by atoms with Crippen molar-refractivity contribution >= 4 is 23.5 Å². The molecule has 0 spiro atoms. The summed E-state index contributed by atoms with van der Waals surface area (Å²) in [6.45, 7) is 2.32. The fraction of sp³-hybridized carbons (Fsp3) is 0.318. The van der Waals surface area contributed by atoms with Crippen molar-refractivity contribution in [2.75, 3.05) is 19.0 Å². The third-order valence-corrected chi connectivity index (χ3v) is 4.91. The van der Waals surface area contributed by atoms with E-state index in [4.69, 9.17) is 9.47 Å². The molecule has 0 heterocycles. The summed E-state index contributed by atoms with van der Waals surface area (Å²) in [7, 11) is 1.57. The first-order valence-corrected chi connectivity index (χ1v) is 9.49. The van der Waals surface area contributed by atoms with Crippen LogP contribution in [0.5, 0.6) is 5.75 Å². The molecule has 0 atom stereocenters. The fourth-order valence-electron chi connectivity index (χ4n) is 3.03. The molecule has 0 bridgehead atoms. The number of carbonyl (C=O) groups excluding carboxylic acids is 3. The van der Waals surface area contributed by atoms with Gasteiger partial charge in [-0.2, -0.15) is 0 Å². The Morgan fingerprint density at radius 1 is 1.00 bits per heavy atom. The molecule has 1 fully saturated rings. The molecule has 29 heavy (non-hydrogen) atoms. The van der Waals surface area contributed by atoms with Gasteiger partial charge in [-0.05, 0) is 50.1 Å². The minimum Gasteiger partial charge on any atom is -0.496 e. The van der Waals surface area contributed by atoms with E-state index in [1.54, 1.807) is 38.3 Å². The maximum atomic E-state index is 12.7. The van der Waals surface area contributed by atoms with Crippen LogP contribution in [0, 0.1) is 5.41 Å². The number of ether oxygens (including phenoxy) is 2. The molecule has 1 aliphatic rings. The first kappa shape index (κ1) is 20.4. The van der Waals surface area contributed by atoms with Gasteiger partial charge in [0.1, 0.15) is 11.2 Å². The average molecular weight is 396 g/mol. The van der Waals surface area contributed by atoms with Crippen LogP contribution in [0.15, 0.2) is 48.5 Å². The number of para-hydroxylation sites is 1. The van der Waals surface area contributed by atoms with E-state index < -0.39 is 11.4 Å². The molecule has 7 nitrogen and oxygen atoms in total. The second kappa shape index (κ2) is 8.77. The standard InChI is InChI=1S/C22H24N2O5/c1-3-29-19(25)15-8-10-17(11-9-15)24-21(27)22(12-13-22)20(26)23-14-16-6-4-5-7-18(16)28-2/h4-11H,3,12-14H2,1-2H3,(H,23,26)(H,24,27). The molecule has 3 rings (SSSR count). The van der Waals surface area contributed by atoms with Crippen molar-refractivity contribution < 1.29 is 23.9 Å². The predicted octanol–water partition coefficient (Wildman–Crippen LogP) is 2.91. The number of esters is 1. The Hall–Kier alpha value is -3.35. The Labute approximate surface area is 169 Å². The van der Waals surface area contributed by atoms with Gasteiger partial charge in [-0.1, -0.05) is 18.2 Å². The van der Waals surface area contributed by atoms with Crippen molar-refractivity contribution in [2.45, 2.75) is 26.3 Å². The van der Waals surface area contributed by atoms with Gasteiger partial charge in [0.15, 0.2) is 0 Å². The number of amides is 2. The number of methoxy groups -OCH3 is 1. The van der Waals surface area contributed by atoms with Gasteiger partial charge in [0.25, 0.3) is 0 Å². The van der Waals surface area contributed by atoms with Gasteiger partial charge in [-0.3, -0.25) is 9.59 Å². The highest BCUT2D eigenvalue weighted by Crippen LogP contribution is 2.47. The number of nitrogens with one attached hydrogen (secondary N) is 2. The molecule has 2 N–H and O–H groups in total. The minimum absolute atomic E-state index is 0.284.